The van der Waals surface area contributed by atoms with Gasteiger partial charge in [0.05, 0.1) is 17.8 Å². The molecule has 5 unspecified atom stereocenters. The summed E-state index contributed by atoms with van der Waals surface area (Å²) in [4.78, 5) is 22.8. The van der Waals surface area contributed by atoms with E-state index in [4.69, 9.17) is 9.47 Å². The third kappa shape index (κ3) is 6.23. The third-order valence-corrected chi connectivity index (χ3v) is 5.76. The number of rotatable bonds is 8. The molecule has 35 heavy (non-hydrogen) atoms. The van der Waals surface area contributed by atoms with Gasteiger partial charge in [0, 0.05) is 18.7 Å². The number of nitrogens with zero attached hydrogens (tertiary/aromatic N) is 1. The number of sulfonamides is 1. The lowest BCUT2D eigenvalue weighted by molar-refractivity contribution is -0.384. The predicted molar refractivity (Wildman–Crippen MR) is 123 cm³/mol. The van der Waals surface area contributed by atoms with Gasteiger partial charge in [0.15, 0.2) is 0 Å². The van der Waals surface area contributed by atoms with E-state index in [1.807, 2.05) is 0 Å². The quantitative estimate of drug-likeness (QED) is 0.237. The van der Waals surface area contributed by atoms with Crippen LogP contribution in [0.1, 0.15) is 6.92 Å². The molecule has 0 radical (unpaired) electrons. The summed E-state index contributed by atoms with van der Waals surface area (Å²) in [6.07, 6.45) is -4.88. The molecule has 2 aromatic carbocycles. The van der Waals surface area contributed by atoms with Crippen LogP contribution < -0.4 is 14.8 Å². The Labute approximate surface area is 200 Å². The van der Waals surface area contributed by atoms with Crippen molar-refractivity contribution in [2.45, 2.75) is 37.6 Å². The number of hydrogen-bond donors (Lipinski definition) is 5. The number of nitro groups is 1. The number of aliphatic hydroxyl groups excluding tert-OH is 3. The van der Waals surface area contributed by atoms with E-state index in [2.05, 4.69) is 10.0 Å². The SMILES string of the molecule is CC(=O)NC1C(Oc2cccc([N+](=O)[O-])c2-c2cccc(NS(C)(=O)=O)c2)OC(CO)C(O)C1O. The van der Waals surface area contributed by atoms with Crippen LogP contribution in [0.5, 0.6) is 5.75 Å². The Hall–Kier alpha value is -3.30. The highest BCUT2D eigenvalue weighted by atomic mass is 32.2. The summed E-state index contributed by atoms with van der Waals surface area (Å²) in [6.45, 7) is 0.499. The molecule has 0 spiro atoms. The first-order valence-electron chi connectivity index (χ1n) is 10.3. The number of hydrogen-bond acceptors (Lipinski definition) is 10. The largest absolute Gasteiger partial charge is 0.462 e. The fraction of sp³-hybridized carbons (Fsp3) is 0.381. The van der Waals surface area contributed by atoms with Crippen molar-refractivity contribution in [2.75, 3.05) is 17.6 Å². The van der Waals surface area contributed by atoms with Crippen LogP contribution in [0.3, 0.4) is 0 Å². The van der Waals surface area contributed by atoms with Crippen molar-refractivity contribution in [2.24, 2.45) is 0 Å². The molecule has 0 bridgehead atoms. The molecular weight excluding hydrogens is 486 g/mol. The second-order valence-electron chi connectivity index (χ2n) is 7.91. The summed E-state index contributed by atoms with van der Waals surface area (Å²) in [6, 6.07) is 8.50. The third-order valence-electron chi connectivity index (χ3n) is 5.15. The summed E-state index contributed by atoms with van der Waals surface area (Å²) in [5, 5.41) is 44.4. The molecule has 0 saturated carbocycles. The minimum absolute atomic E-state index is 0.0269. The van der Waals surface area contributed by atoms with Crippen molar-refractivity contribution in [3.8, 4) is 16.9 Å². The molecule has 14 heteroatoms. The van der Waals surface area contributed by atoms with Crippen molar-refractivity contribution >= 4 is 27.3 Å². The van der Waals surface area contributed by atoms with E-state index in [9.17, 15) is 38.6 Å². The van der Waals surface area contributed by atoms with Gasteiger partial charge >= 0.3 is 0 Å². The Balaban J connectivity index is 2.09. The number of benzene rings is 2. The first-order chi connectivity index (χ1) is 16.4. The summed E-state index contributed by atoms with van der Waals surface area (Å²) >= 11 is 0. The molecule has 1 aliphatic rings. The van der Waals surface area contributed by atoms with Crippen molar-refractivity contribution in [1.82, 2.24) is 5.32 Å². The molecule has 190 valence electrons. The highest BCUT2D eigenvalue weighted by Crippen LogP contribution is 2.40. The zero-order chi connectivity index (χ0) is 25.9. The van der Waals surface area contributed by atoms with Crippen molar-refractivity contribution in [3.63, 3.8) is 0 Å². The van der Waals surface area contributed by atoms with Gasteiger partial charge in [-0.1, -0.05) is 18.2 Å². The molecular formula is C21H25N3O10S. The fourth-order valence-electron chi connectivity index (χ4n) is 3.71. The normalized spacial score (nSPS) is 24.4. The lowest BCUT2D eigenvalue weighted by Crippen LogP contribution is -2.65. The lowest BCUT2D eigenvalue weighted by Gasteiger charge is -2.42. The number of anilines is 1. The van der Waals surface area contributed by atoms with Gasteiger partial charge < -0.3 is 30.1 Å². The van der Waals surface area contributed by atoms with E-state index >= 15 is 0 Å². The van der Waals surface area contributed by atoms with Crippen LogP contribution in [-0.2, 0) is 19.6 Å². The molecule has 0 aromatic heterocycles. The molecule has 2 aromatic rings. The maximum atomic E-state index is 11.8. The van der Waals surface area contributed by atoms with E-state index in [1.54, 1.807) is 0 Å². The van der Waals surface area contributed by atoms with Crippen molar-refractivity contribution in [1.29, 1.82) is 0 Å². The molecule has 1 aliphatic heterocycles. The smallest absolute Gasteiger partial charge is 0.280 e. The number of carbonyl (C=O) groups is 1. The van der Waals surface area contributed by atoms with Crippen LogP contribution in [0.2, 0.25) is 0 Å². The van der Waals surface area contributed by atoms with Crippen molar-refractivity contribution in [3.05, 3.63) is 52.6 Å². The number of nitrogens with one attached hydrogen (secondary N) is 2. The molecule has 3 rings (SSSR count). The summed E-state index contributed by atoms with van der Waals surface area (Å²) in [7, 11) is -3.63. The first-order valence-corrected chi connectivity index (χ1v) is 12.2. The molecule has 0 aliphatic carbocycles. The van der Waals surface area contributed by atoms with Crippen LogP contribution in [0, 0.1) is 10.1 Å². The van der Waals surface area contributed by atoms with Gasteiger partial charge in [-0.05, 0) is 23.8 Å². The van der Waals surface area contributed by atoms with Gasteiger partial charge in [-0.3, -0.25) is 19.6 Å². The highest BCUT2D eigenvalue weighted by Gasteiger charge is 2.46. The fourth-order valence-corrected chi connectivity index (χ4v) is 4.26. The van der Waals surface area contributed by atoms with Crippen LogP contribution in [0.25, 0.3) is 11.1 Å². The highest BCUT2D eigenvalue weighted by molar-refractivity contribution is 7.92. The Morgan fingerprint density at radius 1 is 1.20 bits per heavy atom. The standard InChI is InChI=1S/C21H25N3O10S/c1-11(26)22-18-20(28)19(27)16(10-25)34-21(18)33-15-8-4-7-14(24(29)30)17(15)12-5-3-6-13(9-12)23-35(2,31)32/h3-9,16,18-21,23,25,27-28H,10H2,1-2H3,(H,22,26). The monoisotopic (exact) mass is 511 g/mol. The maximum absolute atomic E-state index is 11.8. The molecule has 1 fully saturated rings. The number of amides is 1. The van der Waals surface area contributed by atoms with Crippen LogP contribution >= 0.6 is 0 Å². The van der Waals surface area contributed by atoms with E-state index < -0.39 is 58.1 Å². The second-order valence-corrected chi connectivity index (χ2v) is 9.66. The minimum Gasteiger partial charge on any atom is -0.462 e. The zero-order valence-electron chi connectivity index (χ0n) is 18.7. The molecule has 5 atom stereocenters. The van der Waals surface area contributed by atoms with Gasteiger partial charge in [-0.2, -0.15) is 0 Å². The van der Waals surface area contributed by atoms with Gasteiger partial charge in [-0.25, -0.2) is 8.42 Å². The predicted octanol–water partition coefficient (Wildman–Crippen LogP) is -0.0442. The molecule has 1 heterocycles. The average molecular weight is 512 g/mol. The first kappa shape index (κ1) is 26.3. The van der Waals surface area contributed by atoms with Crippen LogP contribution in [0.15, 0.2) is 42.5 Å². The Morgan fingerprint density at radius 2 is 1.89 bits per heavy atom. The summed E-state index contributed by atoms with van der Waals surface area (Å²) in [5.41, 5.74) is -0.0173. The van der Waals surface area contributed by atoms with Gasteiger partial charge in [0.1, 0.15) is 35.7 Å². The average Bonchev–Trinajstić information content (AvgIpc) is 2.77. The van der Waals surface area contributed by atoms with E-state index in [0.29, 0.717) is 0 Å². The van der Waals surface area contributed by atoms with Crippen LogP contribution in [-0.4, -0.2) is 78.1 Å². The number of nitro benzene ring substituents is 1. The summed E-state index contributed by atoms with van der Waals surface area (Å²) in [5.74, 6) is -0.656. The van der Waals surface area contributed by atoms with E-state index in [-0.39, 0.29) is 28.3 Å². The molecule has 1 saturated heterocycles. The van der Waals surface area contributed by atoms with E-state index in [0.717, 1.165) is 6.26 Å². The molecule has 1 amide bonds. The molecule has 13 nitrogen and oxygen atoms in total. The Bertz CT molecular complexity index is 1210. The summed E-state index contributed by atoms with van der Waals surface area (Å²) < 4.78 is 37.0. The Morgan fingerprint density at radius 3 is 2.49 bits per heavy atom. The number of aliphatic hydroxyl groups is 3. The van der Waals surface area contributed by atoms with Crippen LogP contribution in [0.4, 0.5) is 11.4 Å². The number of carbonyl (C=O) groups excluding carboxylic acids is 1. The second kappa shape index (κ2) is 10.5. The topological polar surface area (TPSA) is 198 Å². The number of ether oxygens (including phenoxy) is 2. The Kier molecular flexibility index (Phi) is 7.92. The lowest BCUT2D eigenvalue weighted by atomic mass is 9.96. The van der Waals surface area contributed by atoms with Gasteiger partial charge in [0.2, 0.25) is 22.2 Å². The van der Waals surface area contributed by atoms with E-state index in [1.165, 1.54) is 49.4 Å². The zero-order valence-corrected chi connectivity index (χ0v) is 19.5. The molecule has 5 N–H and O–H groups in total. The van der Waals surface area contributed by atoms with Gasteiger partial charge in [-0.15, -0.1) is 0 Å². The van der Waals surface area contributed by atoms with Crippen molar-refractivity contribution < 1.29 is 42.9 Å². The van der Waals surface area contributed by atoms with Gasteiger partial charge in [0.25, 0.3) is 5.69 Å². The maximum Gasteiger partial charge on any atom is 0.280 e. The minimum atomic E-state index is -3.63.